The van der Waals surface area contributed by atoms with Gasteiger partial charge in [-0.15, -0.1) is 0 Å². The van der Waals surface area contributed by atoms with Crippen molar-refractivity contribution in [3.8, 4) is 6.07 Å². The quantitative estimate of drug-likeness (QED) is 0.0387. The molecule has 2 aliphatic rings. The van der Waals surface area contributed by atoms with Crippen LogP contribution in [0.2, 0.25) is 36.3 Å². The molecule has 0 aliphatic carbocycles. The summed E-state index contributed by atoms with van der Waals surface area (Å²) in [6, 6.07) is 0.261. The van der Waals surface area contributed by atoms with E-state index in [2.05, 4.69) is 106 Å². The number of carbonyl (C=O) groups excluding carboxylic acids is 2. The van der Waals surface area contributed by atoms with Gasteiger partial charge >= 0.3 is 0 Å². The first-order valence-corrected chi connectivity index (χ1v) is 32.0. The monoisotopic (exact) mass is 1060 g/mol. The molecule has 3 unspecified atom stereocenters. The lowest BCUT2D eigenvalue weighted by molar-refractivity contribution is -0.119. The highest BCUT2D eigenvalue weighted by Gasteiger charge is 2.54. The number of aromatic amines is 2. The second kappa shape index (κ2) is 21.4. The topological polar surface area (TPSA) is 323 Å². The van der Waals surface area contributed by atoms with E-state index in [1.165, 1.54) is 17.2 Å². The van der Waals surface area contributed by atoms with Gasteiger partial charge in [0.05, 0.1) is 57.0 Å². The highest BCUT2D eigenvalue weighted by atomic mass is 32.5. The van der Waals surface area contributed by atoms with Crippen molar-refractivity contribution in [3.63, 3.8) is 0 Å². The van der Waals surface area contributed by atoms with Gasteiger partial charge in [-0.1, -0.05) is 69.2 Å². The fourth-order valence-electron chi connectivity index (χ4n) is 7.24. The molecule has 2 aliphatic heterocycles. The van der Waals surface area contributed by atoms with Crippen molar-refractivity contribution < 1.29 is 42.1 Å². The Labute approximate surface area is 419 Å². The van der Waals surface area contributed by atoms with E-state index in [0.717, 1.165) is 0 Å². The van der Waals surface area contributed by atoms with Crippen LogP contribution in [0.3, 0.4) is 0 Å². The third-order valence-corrected chi connectivity index (χ3v) is 25.1. The molecule has 0 bridgehead atoms. The number of aromatic nitrogens is 8. The van der Waals surface area contributed by atoms with Crippen molar-refractivity contribution in [2.75, 3.05) is 30.5 Å². The predicted octanol–water partition coefficient (Wildman–Crippen LogP) is 4.47. The number of nitrogens with zero attached hydrogens (tertiary/aromatic N) is 7. The molecular formula is C43H70N13O11PSSi2. The molecule has 392 valence electrons. The third-order valence-electron chi connectivity index (χ3n) is 13.5. The van der Waals surface area contributed by atoms with Gasteiger partial charge in [0.15, 0.2) is 51.4 Å². The number of hydrogen-bond donors (Lipinski definition) is 7. The second-order valence-corrected chi connectivity index (χ2v) is 34.3. The van der Waals surface area contributed by atoms with Gasteiger partial charge in [0.25, 0.3) is 17.8 Å². The summed E-state index contributed by atoms with van der Waals surface area (Å²) < 4.78 is 43.4. The number of H-pyrrole nitrogens is 2. The number of carbonyl (C=O) groups is 2. The smallest absolute Gasteiger partial charge is 0.280 e. The van der Waals surface area contributed by atoms with E-state index in [1.54, 1.807) is 32.3 Å². The van der Waals surface area contributed by atoms with Crippen LogP contribution in [0.1, 0.15) is 88.1 Å². The Morgan fingerprint density at radius 3 is 1.73 bits per heavy atom. The summed E-state index contributed by atoms with van der Waals surface area (Å²) in [5.41, 5.74) is 6.08. The summed E-state index contributed by atoms with van der Waals surface area (Å²) >= 11 is 6.25. The van der Waals surface area contributed by atoms with Gasteiger partial charge in [0.1, 0.15) is 24.4 Å². The van der Waals surface area contributed by atoms with E-state index in [9.17, 15) is 29.5 Å². The van der Waals surface area contributed by atoms with Crippen LogP contribution in [0.5, 0.6) is 0 Å². The molecule has 6 heterocycles. The lowest BCUT2D eigenvalue weighted by Gasteiger charge is -2.41. The van der Waals surface area contributed by atoms with E-state index in [-0.39, 0.29) is 75.7 Å². The number of hydrogen-bond acceptors (Lipinski definition) is 18. The number of nitrogens with one attached hydrogen (secondary N) is 5. The molecule has 2 amide bonds. The Bertz CT molecular complexity index is 2800. The summed E-state index contributed by atoms with van der Waals surface area (Å²) in [6.07, 6.45) is -3.05. The van der Waals surface area contributed by atoms with Crippen LogP contribution in [0, 0.1) is 23.2 Å². The van der Waals surface area contributed by atoms with Gasteiger partial charge in [0, 0.05) is 11.8 Å². The van der Waals surface area contributed by atoms with Crippen molar-refractivity contribution in [2.24, 2.45) is 17.6 Å². The summed E-state index contributed by atoms with van der Waals surface area (Å²) in [4.78, 5) is 74.9. The van der Waals surface area contributed by atoms with Crippen molar-refractivity contribution in [1.29, 1.82) is 5.26 Å². The van der Waals surface area contributed by atoms with Gasteiger partial charge in [0.2, 0.25) is 23.7 Å². The van der Waals surface area contributed by atoms with Gasteiger partial charge < -0.3 is 38.2 Å². The molecule has 0 aromatic carbocycles. The van der Waals surface area contributed by atoms with E-state index in [0.29, 0.717) is 0 Å². The van der Waals surface area contributed by atoms with Gasteiger partial charge in [-0.25, -0.2) is 15.1 Å². The first kappa shape index (κ1) is 56.2. The standard InChI is InChI=1S/C43H70N13O11PSSi2/c1-22(2)34(58)50-40-48-32-28(36(60)52-40)46-20-55(32)38-30(66-70(11,12)42(5,6)7)26(45)25(65-38)19-63-68(69,62-17-15-16-44)54-27-24(18-57)64-39(31(27)67-71(13,14)43(8,9)10)56-21-47-29-33(56)49-41(53-37(29)61)51-35(59)23(3)4/h20-27,30-31,38-39,57H,15,17-19,45H2,1-14H3,(H,54,69)(H2,48,50,52,58,60)(H2,49,51,53,59,61)/t24-,25-,26-,27-,30?,31?,38-,39-,68?/m1/s1. The molecule has 28 heteroatoms. The lowest BCUT2D eigenvalue weighted by Crippen LogP contribution is -2.53. The van der Waals surface area contributed by atoms with Gasteiger partial charge in [-0.3, -0.25) is 48.9 Å². The molecule has 4 aromatic heterocycles. The molecule has 2 saturated heterocycles. The van der Waals surface area contributed by atoms with Crippen LogP contribution in [0.25, 0.3) is 22.3 Å². The zero-order valence-electron chi connectivity index (χ0n) is 42.8. The lowest BCUT2D eigenvalue weighted by atomic mass is 10.1. The average Bonchev–Trinajstić information content (AvgIpc) is 4.03. The van der Waals surface area contributed by atoms with Crippen molar-refractivity contribution in [2.45, 2.75) is 161 Å². The number of nitrogens with two attached hydrogens (primary N) is 1. The van der Waals surface area contributed by atoms with Gasteiger partial charge in [-0.2, -0.15) is 15.2 Å². The molecule has 8 N–H and O–H groups in total. The van der Waals surface area contributed by atoms with E-state index >= 15 is 0 Å². The Kier molecular flexibility index (Phi) is 16.9. The predicted molar refractivity (Wildman–Crippen MR) is 274 cm³/mol. The SMILES string of the molecule is CC(C)C(=O)Nc1nc2c(ncn2[C@@H]2O[C@H](COP(=S)(N[C@H]3C(O[Si](C)(C)C(C)(C)C)[C@H](n4cnc5c(=O)[nH]c(NC(=O)C(C)C)nc54)O[C@@H]3CO)OCCC#N)[C@@H](N)C2O[Si](C)(C)C(C)(C)C)c(=O)[nH]1. The number of rotatable bonds is 19. The molecule has 71 heavy (non-hydrogen) atoms. The fourth-order valence-corrected chi connectivity index (χ4v) is 12.2. The number of aliphatic hydroxyl groups is 1. The maximum absolute atomic E-state index is 13.3. The summed E-state index contributed by atoms with van der Waals surface area (Å²) in [7, 11) is -5.33. The maximum Gasteiger partial charge on any atom is 0.280 e. The number of imidazole rings is 2. The number of fused-ring (bicyclic) bond motifs is 2. The van der Waals surface area contributed by atoms with Crippen molar-refractivity contribution in [1.82, 2.24) is 44.1 Å². The molecule has 4 aromatic rings. The van der Waals surface area contributed by atoms with Crippen molar-refractivity contribution >= 4 is 81.1 Å². The first-order chi connectivity index (χ1) is 32.9. The van der Waals surface area contributed by atoms with Gasteiger partial charge in [-0.05, 0) is 48.1 Å². The Hall–Kier alpha value is -4.15. The summed E-state index contributed by atoms with van der Waals surface area (Å²) in [5.74, 6) is -1.70. The first-order valence-electron chi connectivity index (χ1n) is 23.5. The average molecular weight is 1060 g/mol. The second-order valence-electron chi connectivity index (χ2n) is 21.5. The molecule has 0 radical (unpaired) electrons. The van der Waals surface area contributed by atoms with Crippen LogP contribution in [-0.2, 0) is 48.8 Å². The summed E-state index contributed by atoms with van der Waals surface area (Å²) in [5, 5.41) is 28.6. The van der Waals surface area contributed by atoms with Crippen LogP contribution in [0.15, 0.2) is 22.2 Å². The van der Waals surface area contributed by atoms with Crippen LogP contribution in [-0.4, -0.2) is 129 Å². The molecule has 0 saturated carbocycles. The van der Waals surface area contributed by atoms with E-state index in [4.69, 9.17) is 44.9 Å². The maximum atomic E-state index is 13.3. The summed E-state index contributed by atoms with van der Waals surface area (Å²) in [6.45, 7) is 22.8. The van der Waals surface area contributed by atoms with Crippen LogP contribution in [0.4, 0.5) is 11.9 Å². The van der Waals surface area contributed by atoms with E-state index in [1.807, 2.05) is 13.1 Å². The van der Waals surface area contributed by atoms with Crippen LogP contribution < -0.4 is 32.6 Å². The zero-order chi connectivity index (χ0) is 52.8. The molecule has 0 spiro atoms. The minimum Gasteiger partial charge on any atom is -0.408 e. The Morgan fingerprint density at radius 1 is 0.845 bits per heavy atom. The third kappa shape index (κ3) is 12.1. The normalized spacial score (nSPS) is 24.2. The zero-order valence-corrected chi connectivity index (χ0v) is 46.6. The number of aliphatic hydroxyl groups excluding tert-OH is 1. The largest absolute Gasteiger partial charge is 0.408 e. The highest BCUT2D eigenvalue weighted by molar-refractivity contribution is 8.09. The number of nitriles is 1. The Balaban J connectivity index is 1.38. The fraction of sp³-hybridized carbons (Fsp3) is 0.698. The molecular weight excluding hydrogens is 994 g/mol. The minimum absolute atomic E-state index is 0.00399. The molecule has 9 atom stereocenters. The Morgan fingerprint density at radius 2 is 1.30 bits per heavy atom. The molecule has 24 nitrogen and oxygen atoms in total. The molecule has 2 fully saturated rings. The molecule has 6 rings (SSSR count). The van der Waals surface area contributed by atoms with E-state index < -0.39 is 102 Å². The number of ether oxygens (including phenoxy) is 2. The number of amides is 2. The number of anilines is 2. The van der Waals surface area contributed by atoms with Crippen molar-refractivity contribution in [3.05, 3.63) is 33.4 Å². The minimum atomic E-state index is -3.76. The highest BCUT2D eigenvalue weighted by Crippen LogP contribution is 2.51. The van der Waals surface area contributed by atoms with Crippen LogP contribution >= 0.6 is 6.64 Å².